The van der Waals surface area contributed by atoms with Gasteiger partial charge in [0.2, 0.25) is 0 Å². The smallest absolute Gasteiger partial charge is 0.407 e. The molecule has 0 aliphatic heterocycles. The first kappa shape index (κ1) is 26.2. The Morgan fingerprint density at radius 1 is 1.19 bits per heavy atom. The maximum Gasteiger partial charge on any atom is 0.407 e. The molecule has 0 saturated heterocycles. The van der Waals surface area contributed by atoms with Gasteiger partial charge in [-0.1, -0.05) is 19.8 Å². The highest BCUT2D eigenvalue weighted by Crippen LogP contribution is 2.07. The molecule has 0 aliphatic carbocycles. The third kappa shape index (κ3) is 12.5. The molecule has 0 fully saturated rings. The highest BCUT2D eigenvalue weighted by atomic mass is 16.6. The van der Waals surface area contributed by atoms with Crippen molar-refractivity contribution in [3.05, 3.63) is 30.1 Å². The number of guanidine groups is 1. The van der Waals surface area contributed by atoms with Crippen molar-refractivity contribution in [3.8, 4) is 0 Å². The van der Waals surface area contributed by atoms with Crippen molar-refractivity contribution in [2.24, 2.45) is 4.99 Å². The number of aromatic nitrogens is 1. The number of amides is 2. The summed E-state index contributed by atoms with van der Waals surface area (Å²) in [6.45, 7) is 11.6. The van der Waals surface area contributed by atoms with E-state index in [0.29, 0.717) is 37.7 Å². The monoisotopic (exact) mass is 434 g/mol. The van der Waals surface area contributed by atoms with Gasteiger partial charge in [0.25, 0.3) is 5.91 Å². The predicted octanol–water partition coefficient (Wildman–Crippen LogP) is 2.45. The fourth-order valence-electron chi connectivity index (χ4n) is 2.65. The van der Waals surface area contributed by atoms with E-state index in [0.717, 1.165) is 19.3 Å². The lowest BCUT2D eigenvalue weighted by Gasteiger charge is -2.24. The zero-order valence-electron chi connectivity index (χ0n) is 19.5. The summed E-state index contributed by atoms with van der Waals surface area (Å²) < 4.78 is 5.32. The van der Waals surface area contributed by atoms with Crippen LogP contribution in [0.1, 0.15) is 64.2 Å². The number of nitrogens with one attached hydrogen (secondary N) is 4. The quantitative estimate of drug-likeness (QED) is 0.241. The zero-order chi connectivity index (χ0) is 23.1. The summed E-state index contributed by atoms with van der Waals surface area (Å²) in [6, 6.07) is 3.45. The van der Waals surface area contributed by atoms with Crippen LogP contribution in [0.3, 0.4) is 0 Å². The second-order valence-corrected chi connectivity index (χ2v) is 8.12. The number of rotatable bonds is 11. The summed E-state index contributed by atoms with van der Waals surface area (Å²) in [5, 5.41) is 12.2. The molecule has 0 aromatic carbocycles. The number of unbranched alkanes of at least 4 members (excludes halogenated alkanes) is 1. The van der Waals surface area contributed by atoms with Gasteiger partial charge in [-0.2, -0.15) is 0 Å². The molecule has 0 aliphatic rings. The molecular formula is C22H38N6O3. The molecule has 9 heteroatoms. The largest absolute Gasteiger partial charge is 0.444 e. The van der Waals surface area contributed by atoms with Crippen LogP contribution in [0.4, 0.5) is 4.79 Å². The lowest BCUT2D eigenvalue weighted by molar-refractivity contribution is 0.0522. The van der Waals surface area contributed by atoms with E-state index in [9.17, 15) is 9.59 Å². The summed E-state index contributed by atoms with van der Waals surface area (Å²) in [5.41, 5.74) is -0.0167. The van der Waals surface area contributed by atoms with E-state index >= 15 is 0 Å². The molecule has 0 bridgehead atoms. The van der Waals surface area contributed by atoms with E-state index in [-0.39, 0.29) is 11.9 Å². The number of aliphatic imine (C=N–C) groups is 1. The Morgan fingerprint density at radius 3 is 2.58 bits per heavy atom. The molecule has 9 nitrogen and oxygen atoms in total. The van der Waals surface area contributed by atoms with Crippen LogP contribution in [-0.4, -0.2) is 60.8 Å². The van der Waals surface area contributed by atoms with Crippen LogP contribution in [0.5, 0.6) is 0 Å². The molecule has 1 aromatic rings. The molecule has 1 atom stereocenters. The van der Waals surface area contributed by atoms with Gasteiger partial charge in [-0.3, -0.25) is 14.8 Å². The Bertz CT molecular complexity index is 688. The molecule has 2 amide bonds. The van der Waals surface area contributed by atoms with Crippen LogP contribution >= 0.6 is 0 Å². The fraction of sp³-hybridized carbons (Fsp3) is 0.636. The minimum Gasteiger partial charge on any atom is -0.444 e. The summed E-state index contributed by atoms with van der Waals surface area (Å²) >= 11 is 0. The maximum atomic E-state index is 12.1. The van der Waals surface area contributed by atoms with Crippen molar-refractivity contribution in [1.29, 1.82) is 0 Å². The average Bonchev–Trinajstić information content (AvgIpc) is 2.72. The van der Waals surface area contributed by atoms with Crippen LogP contribution in [0, 0.1) is 0 Å². The highest BCUT2D eigenvalue weighted by molar-refractivity contribution is 5.93. The molecule has 4 N–H and O–H groups in total. The normalized spacial score (nSPS) is 12.6. The van der Waals surface area contributed by atoms with E-state index in [1.165, 1.54) is 6.20 Å². The van der Waals surface area contributed by atoms with Crippen LogP contribution in [0.2, 0.25) is 0 Å². The lowest BCUT2D eigenvalue weighted by atomic mass is 10.1. The van der Waals surface area contributed by atoms with Gasteiger partial charge < -0.3 is 26.0 Å². The van der Waals surface area contributed by atoms with E-state index in [1.54, 1.807) is 18.3 Å². The number of hydrogen-bond donors (Lipinski definition) is 4. The molecule has 0 radical (unpaired) electrons. The zero-order valence-corrected chi connectivity index (χ0v) is 19.5. The van der Waals surface area contributed by atoms with Gasteiger partial charge in [-0.25, -0.2) is 4.79 Å². The second-order valence-electron chi connectivity index (χ2n) is 8.12. The molecular weight excluding hydrogens is 396 g/mol. The fourth-order valence-corrected chi connectivity index (χ4v) is 2.65. The van der Waals surface area contributed by atoms with Crippen molar-refractivity contribution < 1.29 is 14.3 Å². The van der Waals surface area contributed by atoms with Gasteiger partial charge in [0.05, 0.1) is 12.1 Å². The van der Waals surface area contributed by atoms with Crippen molar-refractivity contribution in [3.63, 3.8) is 0 Å². The Labute approximate surface area is 185 Å². The minimum absolute atomic E-state index is 0.00949. The van der Waals surface area contributed by atoms with Gasteiger partial charge in [-0.15, -0.1) is 0 Å². The number of carbonyl (C=O) groups excluding carboxylic acids is 2. The molecule has 174 valence electrons. The van der Waals surface area contributed by atoms with E-state index < -0.39 is 11.7 Å². The number of alkyl carbamates (subject to hydrolysis) is 1. The third-order valence-electron chi connectivity index (χ3n) is 4.07. The van der Waals surface area contributed by atoms with Crippen molar-refractivity contribution in [2.75, 3.05) is 26.2 Å². The molecule has 0 saturated carbocycles. The van der Waals surface area contributed by atoms with Crippen LogP contribution in [0.15, 0.2) is 29.5 Å². The Morgan fingerprint density at radius 2 is 1.97 bits per heavy atom. The summed E-state index contributed by atoms with van der Waals surface area (Å²) in [4.78, 5) is 32.5. The Balaban J connectivity index is 2.58. The van der Waals surface area contributed by atoms with Crippen molar-refractivity contribution >= 4 is 18.0 Å². The van der Waals surface area contributed by atoms with Gasteiger partial charge in [0.15, 0.2) is 5.96 Å². The molecule has 1 unspecified atom stereocenters. The van der Waals surface area contributed by atoms with E-state index in [1.807, 2.05) is 27.7 Å². The number of ether oxygens (including phenoxy) is 1. The number of hydrogen-bond acceptors (Lipinski definition) is 5. The Hall–Kier alpha value is -2.84. The van der Waals surface area contributed by atoms with Crippen molar-refractivity contribution in [1.82, 2.24) is 26.3 Å². The van der Waals surface area contributed by atoms with Crippen LogP contribution in [0.25, 0.3) is 0 Å². The van der Waals surface area contributed by atoms with Gasteiger partial charge >= 0.3 is 6.09 Å². The first-order valence-corrected chi connectivity index (χ1v) is 10.9. The summed E-state index contributed by atoms with van der Waals surface area (Å²) in [5.74, 6) is 0.467. The minimum atomic E-state index is -0.535. The molecule has 0 spiro atoms. The maximum absolute atomic E-state index is 12.1. The first-order chi connectivity index (χ1) is 14.7. The standard InChI is InChI=1S/C22H38N6O3/c1-6-8-11-18(16-27-21(30)31-22(3,4)5)28-20(24-7-2)26-14-13-25-19(29)17-10-9-12-23-15-17/h9-10,12,15,18H,6-8,11,13-14,16H2,1-5H3,(H,25,29)(H,27,30)(H2,24,26,28). The Kier molecular flexibility index (Phi) is 12.0. The van der Waals surface area contributed by atoms with Gasteiger partial charge in [0.1, 0.15) is 5.60 Å². The van der Waals surface area contributed by atoms with Crippen molar-refractivity contribution in [2.45, 2.75) is 65.5 Å². The van der Waals surface area contributed by atoms with Crippen LogP contribution < -0.4 is 21.3 Å². The number of nitrogens with zero attached hydrogens (tertiary/aromatic N) is 2. The lowest BCUT2D eigenvalue weighted by Crippen LogP contribution is -2.49. The topological polar surface area (TPSA) is 117 Å². The molecule has 1 rings (SSSR count). The first-order valence-electron chi connectivity index (χ1n) is 10.9. The van der Waals surface area contributed by atoms with E-state index in [2.05, 4.69) is 38.2 Å². The van der Waals surface area contributed by atoms with Crippen LogP contribution in [-0.2, 0) is 4.74 Å². The molecule has 1 heterocycles. The second kappa shape index (κ2) is 14.2. The average molecular weight is 435 g/mol. The molecule has 1 aromatic heterocycles. The number of pyridine rings is 1. The third-order valence-corrected chi connectivity index (χ3v) is 4.07. The predicted molar refractivity (Wildman–Crippen MR) is 123 cm³/mol. The summed E-state index contributed by atoms with van der Waals surface area (Å²) in [6.07, 6.45) is 5.68. The number of carbonyl (C=O) groups is 2. The molecule has 31 heavy (non-hydrogen) atoms. The highest BCUT2D eigenvalue weighted by Gasteiger charge is 2.18. The van der Waals surface area contributed by atoms with Gasteiger partial charge in [0, 0.05) is 38.1 Å². The van der Waals surface area contributed by atoms with E-state index in [4.69, 9.17) is 4.74 Å². The summed E-state index contributed by atoms with van der Waals surface area (Å²) in [7, 11) is 0. The van der Waals surface area contributed by atoms with Gasteiger partial charge in [-0.05, 0) is 46.2 Å². The SMILES string of the molecule is CCCCC(CNC(=O)OC(C)(C)C)NC(=NCCNC(=O)c1cccnc1)NCC.